The Balaban J connectivity index is 2.26. The van der Waals surface area contributed by atoms with Gasteiger partial charge in [-0.1, -0.05) is 11.6 Å². The Hall–Kier alpha value is -2.13. The summed E-state index contributed by atoms with van der Waals surface area (Å²) in [4.78, 5) is 25.9. The van der Waals surface area contributed by atoms with E-state index >= 15 is 0 Å². The molecule has 1 aromatic heterocycles. The van der Waals surface area contributed by atoms with E-state index in [4.69, 9.17) is 26.8 Å². The summed E-state index contributed by atoms with van der Waals surface area (Å²) in [5, 5.41) is 7.07. The van der Waals surface area contributed by atoms with E-state index in [9.17, 15) is 9.59 Å². The van der Waals surface area contributed by atoms with Crippen molar-refractivity contribution < 1.29 is 19.1 Å². The highest BCUT2D eigenvalue weighted by molar-refractivity contribution is 7.19. The molecule has 1 amide bonds. The average molecular weight is 440 g/mol. The van der Waals surface area contributed by atoms with E-state index in [2.05, 4.69) is 10.6 Å². The van der Waals surface area contributed by atoms with E-state index in [-0.39, 0.29) is 22.9 Å². The van der Waals surface area contributed by atoms with E-state index < -0.39 is 0 Å². The number of amides is 1. The van der Waals surface area contributed by atoms with Gasteiger partial charge in [0, 0.05) is 44.0 Å². The van der Waals surface area contributed by atoms with Crippen LogP contribution in [0.25, 0.3) is 0 Å². The molecular formula is C20H26ClN3O4S. The molecule has 0 spiro atoms. The van der Waals surface area contributed by atoms with E-state index in [1.165, 1.54) is 11.3 Å². The van der Waals surface area contributed by atoms with E-state index in [0.29, 0.717) is 53.4 Å². The Kier molecular flexibility index (Phi) is 9.40. The third-order valence-electron chi connectivity index (χ3n) is 4.03. The van der Waals surface area contributed by atoms with Crippen LogP contribution in [0.4, 0.5) is 10.7 Å². The van der Waals surface area contributed by atoms with Crippen LogP contribution >= 0.6 is 22.9 Å². The number of halogens is 1. The minimum absolute atomic E-state index is 0.164. The maximum Gasteiger partial charge on any atom is 0.256 e. The fourth-order valence-corrected chi connectivity index (χ4v) is 3.80. The van der Waals surface area contributed by atoms with Crippen molar-refractivity contribution in [3.8, 4) is 0 Å². The standard InChI is InChI=1S/C20H26ClN3O4S/c1-3-28-11-4-9-24-20-15(19(26)23-10-12-27-2)16(22)18(29-20)17(25)13-5-7-14(21)8-6-13/h5-8,24H,3-4,9-12,22H2,1-2H3,(H,23,26). The number of hydrogen-bond acceptors (Lipinski definition) is 7. The molecule has 0 saturated carbocycles. The summed E-state index contributed by atoms with van der Waals surface area (Å²) in [7, 11) is 1.55. The van der Waals surface area contributed by atoms with Crippen LogP contribution in [-0.2, 0) is 9.47 Å². The Bertz CT molecular complexity index is 824. The number of nitrogens with two attached hydrogens (primary N) is 1. The zero-order valence-corrected chi connectivity index (χ0v) is 18.1. The number of thiophene rings is 1. The highest BCUT2D eigenvalue weighted by atomic mass is 35.5. The van der Waals surface area contributed by atoms with Crippen molar-refractivity contribution >= 4 is 45.3 Å². The minimum atomic E-state index is -0.349. The van der Waals surface area contributed by atoms with Crippen LogP contribution < -0.4 is 16.4 Å². The van der Waals surface area contributed by atoms with Crippen LogP contribution in [0.1, 0.15) is 38.9 Å². The number of anilines is 2. The number of carbonyl (C=O) groups excluding carboxylic acids is 2. The van der Waals surface area contributed by atoms with Gasteiger partial charge in [-0.05, 0) is 37.6 Å². The van der Waals surface area contributed by atoms with Gasteiger partial charge in [0.2, 0.25) is 5.78 Å². The molecule has 0 bridgehead atoms. The van der Waals surface area contributed by atoms with Gasteiger partial charge in [0.05, 0.1) is 17.9 Å². The number of carbonyl (C=O) groups is 2. The van der Waals surface area contributed by atoms with Gasteiger partial charge >= 0.3 is 0 Å². The molecule has 2 aromatic rings. The fraction of sp³-hybridized carbons (Fsp3) is 0.400. The van der Waals surface area contributed by atoms with Crippen molar-refractivity contribution in [2.24, 2.45) is 0 Å². The van der Waals surface area contributed by atoms with Crippen LogP contribution in [0.5, 0.6) is 0 Å². The molecule has 2 rings (SSSR count). The SMILES string of the molecule is CCOCCCNc1sc(C(=O)c2ccc(Cl)cc2)c(N)c1C(=O)NCCOC. The normalized spacial score (nSPS) is 10.7. The van der Waals surface area contributed by atoms with Crippen molar-refractivity contribution in [2.45, 2.75) is 13.3 Å². The number of nitrogen functional groups attached to an aromatic ring is 1. The van der Waals surface area contributed by atoms with Gasteiger partial charge in [-0.15, -0.1) is 11.3 Å². The molecule has 1 aromatic carbocycles. The largest absolute Gasteiger partial charge is 0.397 e. The highest BCUT2D eigenvalue weighted by Crippen LogP contribution is 2.37. The topological polar surface area (TPSA) is 103 Å². The van der Waals surface area contributed by atoms with Gasteiger partial charge in [-0.2, -0.15) is 0 Å². The second kappa shape index (κ2) is 11.8. The summed E-state index contributed by atoms with van der Waals surface area (Å²) in [6.07, 6.45) is 0.761. The first-order valence-corrected chi connectivity index (χ1v) is 10.5. The number of rotatable bonds is 12. The Morgan fingerprint density at radius 2 is 1.90 bits per heavy atom. The van der Waals surface area contributed by atoms with Crippen LogP contribution in [0.3, 0.4) is 0 Å². The van der Waals surface area contributed by atoms with Gasteiger partial charge in [0.1, 0.15) is 9.88 Å². The van der Waals surface area contributed by atoms with Gasteiger partial charge in [-0.3, -0.25) is 9.59 Å². The molecule has 0 aliphatic carbocycles. The maximum atomic E-state index is 12.9. The predicted molar refractivity (Wildman–Crippen MR) is 117 cm³/mol. The monoisotopic (exact) mass is 439 g/mol. The number of methoxy groups -OCH3 is 1. The van der Waals surface area contributed by atoms with E-state index in [1.54, 1.807) is 31.4 Å². The molecule has 0 saturated heterocycles. The first-order chi connectivity index (χ1) is 14.0. The smallest absolute Gasteiger partial charge is 0.256 e. The molecular weight excluding hydrogens is 414 g/mol. The van der Waals surface area contributed by atoms with Gasteiger partial charge < -0.3 is 25.8 Å². The fourth-order valence-electron chi connectivity index (χ4n) is 2.57. The summed E-state index contributed by atoms with van der Waals surface area (Å²) < 4.78 is 10.3. The third-order valence-corrected chi connectivity index (χ3v) is 5.45. The average Bonchev–Trinajstić information content (AvgIpc) is 3.04. The molecule has 0 atom stereocenters. The molecule has 29 heavy (non-hydrogen) atoms. The van der Waals surface area contributed by atoms with Crippen molar-refractivity contribution in [3.63, 3.8) is 0 Å². The third kappa shape index (κ3) is 6.43. The molecule has 0 aliphatic heterocycles. The molecule has 158 valence electrons. The Morgan fingerprint density at radius 1 is 1.17 bits per heavy atom. The van der Waals surface area contributed by atoms with Crippen molar-refractivity contribution in [1.29, 1.82) is 0 Å². The van der Waals surface area contributed by atoms with Crippen LogP contribution in [0.15, 0.2) is 24.3 Å². The Labute approximate surface area is 179 Å². The summed E-state index contributed by atoms with van der Waals surface area (Å²) >= 11 is 7.07. The lowest BCUT2D eigenvalue weighted by Gasteiger charge is -2.09. The van der Waals surface area contributed by atoms with E-state index in [1.807, 2.05) is 6.92 Å². The quantitative estimate of drug-likeness (QED) is 0.346. The summed E-state index contributed by atoms with van der Waals surface area (Å²) in [5.41, 5.74) is 7.13. The first-order valence-electron chi connectivity index (χ1n) is 9.30. The van der Waals surface area contributed by atoms with Gasteiger partial charge in [0.25, 0.3) is 5.91 Å². The lowest BCUT2D eigenvalue weighted by molar-refractivity contribution is 0.0939. The van der Waals surface area contributed by atoms with Crippen LogP contribution in [0, 0.1) is 0 Å². The van der Waals surface area contributed by atoms with Crippen LogP contribution in [-0.4, -0.2) is 51.7 Å². The molecule has 0 fully saturated rings. The maximum absolute atomic E-state index is 12.9. The predicted octanol–water partition coefficient (Wildman–Crippen LogP) is 3.43. The van der Waals surface area contributed by atoms with Gasteiger partial charge in [-0.25, -0.2) is 0 Å². The number of ketones is 1. The number of ether oxygens (including phenoxy) is 2. The second-order valence-electron chi connectivity index (χ2n) is 6.11. The zero-order chi connectivity index (χ0) is 21.2. The number of nitrogens with one attached hydrogen (secondary N) is 2. The highest BCUT2D eigenvalue weighted by Gasteiger charge is 2.26. The number of hydrogen-bond donors (Lipinski definition) is 3. The van der Waals surface area contributed by atoms with Gasteiger partial charge in [0.15, 0.2) is 0 Å². The summed E-state index contributed by atoms with van der Waals surface area (Å²) in [6.45, 7) is 4.50. The van der Waals surface area contributed by atoms with Crippen molar-refractivity contribution in [2.75, 3.05) is 51.1 Å². The summed E-state index contributed by atoms with van der Waals surface area (Å²) in [6, 6.07) is 6.56. The molecule has 4 N–H and O–H groups in total. The molecule has 0 unspecified atom stereocenters. The molecule has 0 aliphatic rings. The van der Waals surface area contributed by atoms with E-state index in [0.717, 1.165) is 6.42 Å². The van der Waals surface area contributed by atoms with Crippen molar-refractivity contribution in [1.82, 2.24) is 5.32 Å². The molecule has 7 nitrogen and oxygen atoms in total. The van der Waals surface area contributed by atoms with Crippen LogP contribution in [0.2, 0.25) is 5.02 Å². The molecule has 9 heteroatoms. The first kappa shape index (κ1) is 23.2. The number of benzene rings is 1. The molecule has 1 heterocycles. The zero-order valence-electron chi connectivity index (χ0n) is 16.5. The minimum Gasteiger partial charge on any atom is -0.397 e. The molecule has 0 radical (unpaired) electrons. The second-order valence-corrected chi connectivity index (χ2v) is 7.57. The Morgan fingerprint density at radius 3 is 2.55 bits per heavy atom. The lowest BCUT2D eigenvalue weighted by Crippen LogP contribution is -2.28. The summed E-state index contributed by atoms with van der Waals surface area (Å²) in [5.74, 6) is -0.601. The lowest BCUT2D eigenvalue weighted by atomic mass is 10.1. The van der Waals surface area contributed by atoms with Crippen molar-refractivity contribution in [3.05, 3.63) is 45.3 Å².